The van der Waals surface area contributed by atoms with Crippen LogP contribution in [0.5, 0.6) is 0 Å². The van der Waals surface area contributed by atoms with Crippen molar-refractivity contribution in [3.05, 3.63) is 17.0 Å². The molecule has 0 spiro atoms. The molecule has 1 aromatic heterocycles. The van der Waals surface area contributed by atoms with E-state index in [1.807, 2.05) is 0 Å². The topological polar surface area (TPSA) is 72.5 Å². The fourth-order valence-electron chi connectivity index (χ4n) is 1.15. The van der Waals surface area contributed by atoms with Gasteiger partial charge in [0.1, 0.15) is 10.8 Å². The molecule has 0 fully saturated rings. The third-order valence-electron chi connectivity index (χ3n) is 2.08. The Kier molecular flexibility index (Phi) is 4.84. The van der Waals surface area contributed by atoms with E-state index in [1.165, 1.54) is 18.4 Å². The molecule has 17 heavy (non-hydrogen) atoms. The third kappa shape index (κ3) is 3.67. The number of ether oxygens (including phenoxy) is 1. The van der Waals surface area contributed by atoms with Gasteiger partial charge < -0.3 is 10.1 Å². The Labute approximate surface area is 103 Å². The van der Waals surface area contributed by atoms with Crippen LogP contribution in [0.3, 0.4) is 0 Å². The summed E-state index contributed by atoms with van der Waals surface area (Å²) in [6.07, 6.45) is 0.150. The van der Waals surface area contributed by atoms with E-state index in [9.17, 15) is 14.4 Å². The van der Waals surface area contributed by atoms with Crippen molar-refractivity contribution in [3.8, 4) is 0 Å². The molecule has 0 unspecified atom stereocenters. The number of carbonyl (C=O) groups is 3. The highest BCUT2D eigenvalue weighted by atomic mass is 32.1. The monoisotopic (exact) mass is 255 g/mol. The molecule has 1 amide bonds. The Balaban J connectivity index is 2.69. The van der Waals surface area contributed by atoms with Crippen molar-refractivity contribution in [2.75, 3.05) is 12.4 Å². The van der Waals surface area contributed by atoms with Gasteiger partial charge in [0.2, 0.25) is 5.91 Å². The lowest BCUT2D eigenvalue weighted by Gasteiger charge is -2.04. The predicted octanol–water partition coefficient (Wildman–Crippen LogP) is 1.84. The third-order valence-corrected chi connectivity index (χ3v) is 2.91. The lowest BCUT2D eigenvalue weighted by molar-refractivity contribution is -0.125. The van der Waals surface area contributed by atoms with Gasteiger partial charge in [-0.2, -0.15) is 0 Å². The van der Waals surface area contributed by atoms with Crippen molar-refractivity contribution in [3.63, 3.8) is 0 Å². The lowest BCUT2D eigenvalue weighted by Crippen LogP contribution is -2.16. The first-order valence-electron chi connectivity index (χ1n) is 5.05. The number of hydrogen-bond donors (Lipinski definition) is 1. The minimum absolute atomic E-state index is 0.140. The Bertz CT molecular complexity index is 438. The molecule has 0 atom stereocenters. The quantitative estimate of drug-likeness (QED) is 0.643. The number of methoxy groups -OCH3 is 1. The Morgan fingerprint density at radius 1 is 1.41 bits per heavy atom. The summed E-state index contributed by atoms with van der Waals surface area (Å²) >= 11 is 1.21. The molecule has 5 nitrogen and oxygen atoms in total. The number of esters is 1. The van der Waals surface area contributed by atoms with Crippen LogP contribution in [0.2, 0.25) is 0 Å². The van der Waals surface area contributed by atoms with Gasteiger partial charge in [0.05, 0.1) is 19.1 Å². The second-order valence-corrected chi connectivity index (χ2v) is 4.19. The predicted molar refractivity (Wildman–Crippen MR) is 64.2 cm³/mol. The van der Waals surface area contributed by atoms with Gasteiger partial charge in [-0.3, -0.25) is 9.59 Å². The summed E-state index contributed by atoms with van der Waals surface area (Å²) in [5.74, 6) is -1.06. The maximum atomic E-state index is 11.5. The minimum atomic E-state index is -0.511. The molecule has 0 saturated carbocycles. The van der Waals surface area contributed by atoms with Crippen molar-refractivity contribution in [2.24, 2.45) is 0 Å². The molecule has 0 aromatic carbocycles. The zero-order chi connectivity index (χ0) is 12.8. The van der Waals surface area contributed by atoms with Crippen LogP contribution in [0.4, 0.5) is 5.00 Å². The number of thiophene rings is 1. The van der Waals surface area contributed by atoms with Gasteiger partial charge in [-0.05, 0) is 11.4 Å². The van der Waals surface area contributed by atoms with Crippen molar-refractivity contribution in [1.82, 2.24) is 0 Å². The fraction of sp³-hybridized carbons (Fsp3) is 0.364. The van der Waals surface area contributed by atoms with Crippen LogP contribution in [0.25, 0.3) is 0 Å². The zero-order valence-electron chi connectivity index (χ0n) is 9.61. The highest BCUT2D eigenvalue weighted by Crippen LogP contribution is 2.24. The molecule has 1 N–H and O–H groups in total. The van der Waals surface area contributed by atoms with Gasteiger partial charge >= 0.3 is 5.97 Å². The second kappa shape index (κ2) is 6.15. The molecule has 1 aromatic rings. The van der Waals surface area contributed by atoms with Gasteiger partial charge in [-0.15, -0.1) is 11.3 Å². The molecule has 0 bridgehead atoms. The first-order chi connectivity index (χ1) is 8.08. The molecule has 92 valence electrons. The zero-order valence-corrected chi connectivity index (χ0v) is 10.4. The van der Waals surface area contributed by atoms with Crippen LogP contribution >= 0.6 is 11.3 Å². The number of ketones is 1. The average molecular weight is 255 g/mol. The van der Waals surface area contributed by atoms with Gasteiger partial charge in [-0.25, -0.2) is 4.79 Å². The summed E-state index contributed by atoms with van der Waals surface area (Å²) < 4.78 is 4.57. The van der Waals surface area contributed by atoms with Crippen molar-refractivity contribution >= 4 is 34.0 Å². The SMILES string of the molecule is CCC(=O)CC(=O)Nc1sccc1C(=O)OC. The number of anilines is 1. The molecule has 1 heterocycles. The minimum Gasteiger partial charge on any atom is -0.465 e. The number of rotatable bonds is 5. The van der Waals surface area contributed by atoms with Crippen LogP contribution in [0.1, 0.15) is 30.1 Å². The van der Waals surface area contributed by atoms with Crippen LogP contribution in [-0.4, -0.2) is 24.8 Å². The summed E-state index contributed by atoms with van der Waals surface area (Å²) in [4.78, 5) is 33.9. The first-order valence-corrected chi connectivity index (χ1v) is 5.93. The summed E-state index contributed by atoms with van der Waals surface area (Å²) in [6, 6.07) is 1.56. The first kappa shape index (κ1) is 13.4. The van der Waals surface area contributed by atoms with Crippen molar-refractivity contribution in [1.29, 1.82) is 0 Å². The number of carbonyl (C=O) groups excluding carboxylic acids is 3. The highest BCUT2D eigenvalue weighted by Gasteiger charge is 2.16. The summed E-state index contributed by atoms with van der Waals surface area (Å²) in [7, 11) is 1.27. The van der Waals surface area contributed by atoms with E-state index in [0.29, 0.717) is 17.0 Å². The Morgan fingerprint density at radius 3 is 2.71 bits per heavy atom. The molecule has 0 aliphatic carbocycles. The molecular formula is C11H13NO4S. The summed E-state index contributed by atoms with van der Waals surface area (Å²) in [5.41, 5.74) is 0.301. The molecule has 0 saturated heterocycles. The number of amides is 1. The normalized spacial score (nSPS) is 9.76. The summed E-state index contributed by atoms with van der Waals surface area (Å²) in [6.45, 7) is 1.70. The molecule has 0 aliphatic heterocycles. The van der Waals surface area contributed by atoms with Crippen LogP contribution in [-0.2, 0) is 14.3 Å². The summed E-state index contributed by atoms with van der Waals surface area (Å²) in [5, 5.41) is 4.61. The largest absolute Gasteiger partial charge is 0.465 e. The van der Waals surface area contributed by atoms with Crippen molar-refractivity contribution in [2.45, 2.75) is 19.8 Å². The molecule has 0 radical (unpaired) electrons. The van der Waals surface area contributed by atoms with Crippen LogP contribution in [0, 0.1) is 0 Å². The molecular weight excluding hydrogens is 242 g/mol. The van der Waals surface area contributed by atoms with E-state index in [2.05, 4.69) is 10.1 Å². The standard InChI is InChI=1S/C11H13NO4S/c1-3-7(13)6-9(14)12-10-8(4-5-17-10)11(15)16-2/h4-5H,3,6H2,1-2H3,(H,12,14). The van der Waals surface area contributed by atoms with E-state index < -0.39 is 11.9 Å². The van der Waals surface area contributed by atoms with E-state index in [1.54, 1.807) is 18.4 Å². The number of hydrogen-bond acceptors (Lipinski definition) is 5. The van der Waals surface area contributed by atoms with Crippen LogP contribution < -0.4 is 5.32 Å². The molecule has 0 aliphatic rings. The van der Waals surface area contributed by atoms with Crippen molar-refractivity contribution < 1.29 is 19.1 Å². The lowest BCUT2D eigenvalue weighted by atomic mass is 10.2. The highest BCUT2D eigenvalue weighted by molar-refractivity contribution is 7.14. The smallest absolute Gasteiger partial charge is 0.340 e. The van der Waals surface area contributed by atoms with Gasteiger partial charge in [-0.1, -0.05) is 6.92 Å². The average Bonchev–Trinajstić information content (AvgIpc) is 2.75. The maximum absolute atomic E-state index is 11.5. The number of nitrogens with one attached hydrogen (secondary N) is 1. The Hall–Kier alpha value is -1.69. The van der Waals surface area contributed by atoms with Gasteiger partial charge in [0.25, 0.3) is 0 Å². The van der Waals surface area contributed by atoms with Crippen LogP contribution in [0.15, 0.2) is 11.4 Å². The van der Waals surface area contributed by atoms with Gasteiger partial charge in [0, 0.05) is 6.42 Å². The second-order valence-electron chi connectivity index (χ2n) is 3.27. The van der Waals surface area contributed by atoms with E-state index >= 15 is 0 Å². The van der Waals surface area contributed by atoms with Gasteiger partial charge in [0.15, 0.2) is 0 Å². The fourth-order valence-corrected chi connectivity index (χ4v) is 1.94. The van der Waals surface area contributed by atoms with E-state index in [0.717, 1.165) is 0 Å². The molecule has 6 heteroatoms. The van der Waals surface area contributed by atoms with E-state index in [4.69, 9.17) is 0 Å². The molecule has 1 rings (SSSR count). The Morgan fingerprint density at radius 2 is 2.12 bits per heavy atom. The number of Topliss-reactive ketones (excluding diaryl/α,β-unsaturated/α-hetero) is 1. The van der Waals surface area contributed by atoms with E-state index in [-0.39, 0.29) is 12.2 Å². The maximum Gasteiger partial charge on any atom is 0.340 e.